The van der Waals surface area contributed by atoms with Crippen molar-refractivity contribution in [2.75, 3.05) is 0 Å². The zero-order chi connectivity index (χ0) is 19.9. The Morgan fingerprint density at radius 3 is 2.21 bits per heavy atom. The highest BCUT2D eigenvalue weighted by atomic mass is 35.5. The van der Waals surface area contributed by atoms with Gasteiger partial charge in [-0.25, -0.2) is 9.78 Å². The number of aromatic nitrogens is 1. The highest BCUT2D eigenvalue weighted by Gasteiger charge is 2.11. The maximum absolute atomic E-state index is 12.3. The number of hydrogen-bond acceptors (Lipinski definition) is 3. The van der Waals surface area contributed by atoms with Gasteiger partial charge >= 0.3 is 5.97 Å². The fraction of sp³-hybridized carbons (Fsp3) is 0.217. The van der Waals surface area contributed by atoms with Crippen LogP contribution < -0.4 is 4.74 Å². The topological polar surface area (TPSA) is 39.2 Å². The smallest absolute Gasteiger partial charge is 0.343 e. The summed E-state index contributed by atoms with van der Waals surface area (Å²) in [6.07, 6.45) is 6.19. The summed E-state index contributed by atoms with van der Waals surface area (Å²) in [6.45, 7) is 2.21. The Kier molecular flexibility index (Phi) is 7.07. The van der Waals surface area contributed by atoms with Crippen molar-refractivity contribution >= 4 is 29.2 Å². The number of ether oxygens (including phenoxy) is 1. The summed E-state index contributed by atoms with van der Waals surface area (Å²) in [5, 5.41) is 0.405. The Morgan fingerprint density at radius 1 is 0.964 bits per heavy atom. The molecule has 0 amide bonds. The van der Waals surface area contributed by atoms with E-state index in [0.717, 1.165) is 17.5 Å². The lowest BCUT2D eigenvalue weighted by molar-refractivity contribution is 0.0734. The first-order valence-corrected chi connectivity index (χ1v) is 10.0. The summed E-state index contributed by atoms with van der Waals surface area (Å²) in [7, 11) is 0. The van der Waals surface area contributed by atoms with Crippen LogP contribution in [0.25, 0.3) is 11.1 Å². The molecule has 3 aromatic rings. The molecule has 0 bridgehead atoms. The predicted octanol–water partition coefficient (Wildman–Crippen LogP) is 7.01. The maximum atomic E-state index is 12.3. The minimum atomic E-state index is -0.474. The van der Waals surface area contributed by atoms with E-state index < -0.39 is 5.97 Å². The van der Waals surface area contributed by atoms with Gasteiger partial charge in [0.1, 0.15) is 5.15 Å². The summed E-state index contributed by atoms with van der Waals surface area (Å²) in [5.74, 6) is -0.222. The van der Waals surface area contributed by atoms with Crippen molar-refractivity contribution in [3.05, 3.63) is 82.1 Å². The molecule has 0 unspecified atom stereocenters. The van der Waals surface area contributed by atoms with Crippen molar-refractivity contribution in [3.8, 4) is 16.9 Å². The quantitative estimate of drug-likeness (QED) is 0.237. The molecule has 3 rings (SSSR count). The van der Waals surface area contributed by atoms with E-state index in [1.165, 1.54) is 37.1 Å². The molecule has 0 saturated heterocycles. The number of nitrogens with zero attached hydrogens (tertiary/aromatic N) is 1. The van der Waals surface area contributed by atoms with Crippen LogP contribution >= 0.6 is 23.2 Å². The molecule has 0 radical (unpaired) electrons. The Bertz CT molecular complexity index is 938. The van der Waals surface area contributed by atoms with E-state index in [9.17, 15) is 4.79 Å². The van der Waals surface area contributed by atoms with Gasteiger partial charge in [0.05, 0.1) is 16.8 Å². The summed E-state index contributed by atoms with van der Waals surface area (Å²) in [5.41, 5.74) is 3.97. The summed E-state index contributed by atoms with van der Waals surface area (Å²) < 4.78 is 5.30. The van der Waals surface area contributed by atoms with Gasteiger partial charge in [0, 0.05) is 6.07 Å². The van der Waals surface area contributed by atoms with Crippen LogP contribution in [-0.2, 0) is 6.42 Å². The fourth-order valence-electron chi connectivity index (χ4n) is 2.87. The fourth-order valence-corrected chi connectivity index (χ4v) is 3.13. The lowest BCUT2D eigenvalue weighted by atomic mass is 10.0. The number of aryl methyl sites for hydroxylation is 1. The molecule has 0 N–H and O–H groups in total. The molecule has 0 spiro atoms. The molecule has 3 nitrogen and oxygen atoms in total. The molecule has 144 valence electrons. The largest absolute Gasteiger partial charge is 0.421 e. The van der Waals surface area contributed by atoms with Crippen molar-refractivity contribution in [2.45, 2.75) is 32.6 Å². The molecule has 0 atom stereocenters. The highest BCUT2D eigenvalue weighted by molar-refractivity contribution is 6.41. The molecule has 1 heterocycles. The van der Waals surface area contributed by atoms with Gasteiger partial charge in [-0.05, 0) is 41.7 Å². The van der Waals surface area contributed by atoms with E-state index in [0.29, 0.717) is 5.56 Å². The standard InChI is InChI=1S/C23H21Cl2NO2/c1-2-3-4-5-16-6-8-17(9-7-16)18-10-12-19(13-11-18)23(27)28-20-14-21(24)22(25)26-15-20/h6-15H,2-5H2,1H3. The lowest BCUT2D eigenvalue weighted by Crippen LogP contribution is -2.08. The van der Waals surface area contributed by atoms with Crippen LogP contribution in [0, 0.1) is 0 Å². The molecular weight excluding hydrogens is 393 g/mol. The molecule has 0 aliphatic heterocycles. The predicted molar refractivity (Wildman–Crippen MR) is 114 cm³/mol. The first kappa shape index (κ1) is 20.4. The monoisotopic (exact) mass is 413 g/mol. The third kappa shape index (κ3) is 5.34. The van der Waals surface area contributed by atoms with Crippen LogP contribution in [0.2, 0.25) is 10.2 Å². The number of hydrogen-bond donors (Lipinski definition) is 0. The minimum absolute atomic E-state index is 0.169. The highest BCUT2D eigenvalue weighted by Crippen LogP contribution is 2.25. The lowest BCUT2D eigenvalue weighted by Gasteiger charge is -2.07. The Hall–Kier alpha value is -2.36. The van der Waals surface area contributed by atoms with Crippen LogP contribution in [0.1, 0.15) is 42.1 Å². The van der Waals surface area contributed by atoms with E-state index in [2.05, 4.69) is 36.2 Å². The zero-order valence-electron chi connectivity index (χ0n) is 15.6. The van der Waals surface area contributed by atoms with Gasteiger partial charge in [-0.15, -0.1) is 0 Å². The molecule has 1 aromatic heterocycles. The zero-order valence-corrected chi connectivity index (χ0v) is 17.1. The average Bonchev–Trinajstić information content (AvgIpc) is 2.72. The summed E-state index contributed by atoms with van der Waals surface area (Å²) in [4.78, 5) is 16.2. The third-order valence-corrected chi connectivity index (χ3v) is 5.14. The number of unbranched alkanes of at least 4 members (excludes halogenated alkanes) is 2. The van der Waals surface area contributed by atoms with Crippen LogP contribution in [0.5, 0.6) is 5.75 Å². The van der Waals surface area contributed by atoms with Crippen molar-refractivity contribution in [3.63, 3.8) is 0 Å². The molecule has 0 aliphatic carbocycles. The van der Waals surface area contributed by atoms with Gasteiger partial charge in [0.15, 0.2) is 5.75 Å². The second-order valence-electron chi connectivity index (χ2n) is 6.56. The average molecular weight is 414 g/mol. The second-order valence-corrected chi connectivity index (χ2v) is 7.33. The van der Waals surface area contributed by atoms with E-state index >= 15 is 0 Å². The molecule has 0 aliphatic rings. The first-order valence-electron chi connectivity index (χ1n) is 9.29. The van der Waals surface area contributed by atoms with E-state index in [-0.39, 0.29) is 15.9 Å². The van der Waals surface area contributed by atoms with Gasteiger partial charge in [0.25, 0.3) is 0 Å². The van der Waals surface area contributed by atoms with Gasteiger partial charge in [-0.2, -0.15) is 0 Å². The minimum Gasteiger partial charge on any atom is -0.421 e. The number of carbonyl (C=O) groups excluding carboxylic acids is 1. The van der Waals surface area contributed by atoms with Crippen LogP contribution in [0.3, 0.4) is 0 Å². The van der Waals surface area contributed by atoms with Crippen LogP contribution in [0.4, 0.5) is 0 Å². The molecule has 5 heteroatoms. The van der Waals surface area contributed by atoms with Gasteiger partial charge < -0.3 is 4.74 Å². The van der Waals surface area contributed by atoms with Gasteiger partial charge in [-0.1, -0.05) is 79.4 Å². The third-order valence-electron chi connectivity index (χ3n) is 4.46. The van der Waals surface area contributed by atoms with Crippen molar-refractivity contribution in [1.82, 2.24) is 4.98 Å². The van der Waals surface area contributed by atoms with Gasteiger partial charge in [-0.3, -0.25) is 0 Å². The number of carbonyl (C=O) groups is 1. The van der Waals surface area contributed by atoms with E-state index in [1.807, 2.05) is 12.1 Å². The molecule has 28 heavy (non-hydrogen) atoms. The van der Waals surface area contributed by atoms with E-state index in [1.54, 1.807) is 12.1 Å². The number of benzene rings is 2. The second kappa shape index (κ2) is 9.72. The van der Waals surface area contributed by atoms with Crippen molar-refractivity contribution < 1.29 is 9.53 Å². The van der Waals surface area contributed by atoms with Crippen molar-refractivity contribution in [2.24, 2.45) is 0 Å². The maximum Gasteiger partial charge on any atom is 0.343 e. The summed E-state index contributed by atoms with van der Waals surface area (Å²) >= 11 is 11.7. The molecule has 0 fully saturated rings. The van der Waals surface area contributed by atoms with Crippen molar-refractivity contribution in [1.29, 1.82) is 0 Å². The van der Waals surface area contributed by atoms with Gasteiger partial charge in [0.2, 0.25) is 0 Å². The Balaban J connectivity index is 1.65. The molecule has 2 aromatic carbocycles. The summed E-state index contributed by atoms with van der Waals surface area (Å²) in [6, 6.07) is 17.4. The normalized spacial score (nSPS) is 10.7. The Morgan fingerprint density at radius 2 is 1.61 bits per heavy atom. The number of halogens is 2. The molecular formula is C23H21Cl2NO2. The number of rotatable bonds is 7. The first-order chi connectivity index (χ1) is 13.6. The van der Waals surface area contributed by atoms with Crippen LogP contribution in [0.15, 0.2) is 60.8 Å². The SMILES string of the molecule is CCCCCc1ccc(-c2ccc(C(=O)Oc3cnc(Cl)c(Cl)c3)cc2)cc1. The van der Waals surface area contributed by atoms with Crippen LogP contribution in [-0.4, -0.2) is 11.0 Å². The number of esters is 1. The molecule has 0 saturated carbocycles. The Labute approximate surface area is 175 Å². The van der Waals surface area contributed by atoms with E-state index in [4.69, 9.17) is 27.9 Å². The number of pyridine rings is 1.